The Morgan fingerprint density at radius 1 is 1.35 bits per heavy atom. The van der Waals surface area contributed by atoms with Crippen molar-refractivity contribution in [3.8, 4) is 0 Å². The van der Waals surface area contributed by atoms with E-state index in [4.69, 9.17) is 20.9 Å². The highest BCUT2D eigenvalue weighted by atomic mass is 35.5. The smallest absolute Gasteiger partial charge is 0.400 e. The lowest BCUT2D eigenvalue weighted by molar-refractivity contribution is 0.00578. The molecule has 0 radical (unpaired) electrons. The molecule has 2 aromatic rings. The van der Waals surface area contributed by atoms with Crippen molar-refractivity contribution < 1.29 is 14.4 Å². The molecule has 0 aromatic carbocycles. The third kappa shape index (κ3) is 2.90. The van der Waals surface area contributed by atoms with Crippen molar-refractivity contribution in [2.24, 2.45) is 0 Å². The second-order valence-corrected chi connectivity index (χ2v) is 6.97. The third-order valence-electron chi connectivity index (χ3n) is 4.44. The quantitative estimate of drug-likeness (QED) is 0.689. The van der Waals surface area contributed by atoms with Crippen LogP contribution in [0, 0.1) is 0 Å². The molecule has 0 atom stereocenters. The molecule has 1 N–H and O–H groups in total. The average molecular weight is 336 g/mol. The molecule has 0 bridgehead atoms. The van der Waals surface area contributed by atoms with Crippen molar-refractivity contribution in [2.45, 2.75) is 38.9 Å². The van der Waals surface area contributed by atoms with Crippen LogP contribution in [-0.2, 0) is 9.31 Å². The summed E-state index contributed by atoms with van der Waals surface area (Å²) < 4.78 is 13.6. The van der Waals surface area contributed by atoms with Gasteiger partial charge in [0.1, 0.15) is 5.15 Å². The van der Waals surface area contributed by atoms with Crippen LogP contribution in [0.2, 0.25) is 5.15 Å². The number of rotatable bonds is 3. The summed E-state index contributed by atoms with van der Waals surface area (Å²) in [5.74, 6) is 0. The first-order chi connectivity index (χ1) is 10.7. The van der Waals surface area contributed by atoms with Crippen molar-refractivity contribution >= 4 is 30.4 Å². The highest BCUT2D eigenvalue weighted by molar-refractivity contribution is 6.55. The first kappa shape index (κ1) is 16.5. The largest absolute Gasteiger partial charge is 0.492 e. The summed E-state index contributed by atoms with van der Waals surface area (Å²) in [4.78, 5) is 4.26. The summed E-state index contributed by atoms with van der Waals surface area (Å²) in [6.45, 7) is 7.70. The minimum Gasteiger partial charge on any atom is -0.400 e. The van der Waals surface area contributed by atoms with Gasteiger partial charge in [0.15, 0.2) is 5.65 Å². The number of hydrogen-bond donors (Lipinski definition) is 1. The van der Waals surface area contributed by atoms with Crippen LogP contribution in [0.1, 0.15) is 33.3 Å². The molecule has 6 nitrogen and oxygen atoms in total. The molecule has 1 fully saturated rings. The van der Waals surface area contributed by atoms with E-state index in [2.05, 4.69) is 10.1 Å². The fourth-order valence-corrected chi connectivity index (χ4v) is 2.49. The van der Waals surface area contributed by atoms with Gasteiger partial charge in [0.25, 0.3) is 0 Å². The molecular formula is C15H19BClN3O3. The molecule has 1 aliphatic heterocycles. The number of nitrogens with zero attached hydrogens (tertiary/aromatic N) is 3. The Balaban J connectivity index is 1.97. The van der Waals surface area contributed by atoms with Crippen LogP contribution in [0.3, 0.4) is 0 Å². The standard InChI is InChI=1S/C15H19BClN3O3/c1-14(2)15(3,4)23-16(22-14)11(9-21)7-10-8-18-20-6-5-12(17)19-13(10)20/h5-8,21H,9H2,1-4H3. The molecule has 3 rings (SSSR count). The van der Waals surface area contributed by atoms with Crippen molar-refractivity contribution in [1.82, 2.24) is 14.6 Å². The van der Waals surface area contributed by atoms with Crippen LogP contribution in [-0.4, -0.2) is 44.6 Å². The summed E-state index contributed by atoms with van der Waals surface area (Å²) >= 11 is 5.95. The molecule has 3 heterocycles. The lowest BCUT2D eigenvalue weighted by Crippen LogP contribution is -2.41. The van der Waals surface area contributed by atoms with Crippen LogP contribution >= 0.6 is 11.6 Å². The molecule has 1 aliphatic rings. The zero-order valence-electron chi connectivity index (χ0n) is 13.6. The van der Waals surface area contributed by atoms with Gasteiger partial charge in [0, 0.05) is 11.8 Å². The van der Waals surface area contributed by atoms with Gasteiger partial charge in [-0.3, -0.25) is 0 Å². The monoisotopic (exact) mass is 335 g/mol. The Bertz CT molecular complexity index is 756. The molecule has 23 heavy (non-hydrogen) atoms. The van der Waals surface area contributed by atoms with Gasteiger partial charge in [-0.2, -0.15) is 5.10 Å². The fraction of sp³-hybridized carbons (Fsp3) is 0.467. The van der Waals surface area contributed by atoms with E-state index in [1.165, 1.54) is 0 Å². The summed E-state index contributed by atoms with van der Waals surface area (Å²) in [6, 6.07) is 1.66. The van der Waals surface area contributed by atoms with E-state index in [9.17, 15) is 5.11 Å². The molecule has 0 spiro atoms. The van der Waals surface area contributed by atoms with Gasteiger partial charge in [-0.25, -0.2) is 9.50 Å². The van der Waals surface area contributed by atoms with Crippen molar-refractivity contribution in [2.75, 3.05) is 6.61 Å². The first-order valence-electron chi connectivity index (χ1n) is 7.40. The SMILES string of the molecule is CC1(C)OB(C(=Cc2cnn3ccc(Cl)nc23)CO)OC1(C)C. The summed E-state index contributed by atoms with van der Waals surface area (Å²) in [7, 11) is -0.612. The number of hydrogen-bond acceptors (Lipinski definition) is 5. The summed E-state index contributed by atoms with van der Waals surface area (Å²) in [6.07, 6.45) is 5.18. The van der Waals surface area contributed by atoms with E-state index in [1.54, 1.807) is 29.1 Å². The first-order valence-corrected chi connectivity index (χ1v) is 7.78. The summed E-state index contributed by atoms with van der Waals surface area (Å²) in [5, 5.41) is 14.4. The van der Waals surface area contributed by atoms with Crippen LogP contribution < -0.4 is 0 Å². The number of halogens is 1. The molecule has 2 aromatic heterocycles. The van der Waals surface area contributed by atoms with Gasteiger partial charge < -0.3 is 14.4 Å². The van der Waals surface area contributed by atoms with Crippen LogP contribution in [0.25, 0.3) is 11.7 Å². The maximum Gasteiger partial charge on any atom is 0.492 e. The topological polar surface area (TPSA) is 68.9 Å². The van der Waals surface area contributed by atoms with Crippen LogP contribution in [0.4, 0.5) is 0 Å². The molecule has 0 unspecified atom stereocenters. The molecule has 0 saturated carbocycles. The van der Waals surface area contributed by atoms with Crippen LogP contribution in [0.5, 0.6) is 0 Å². The molecule has 1 saturated heterocycles. The number of fused-ring (bicyclic) bond motifs is 1. The Hall–Kier alpha value is -1.41. The van der Waals surface area contributed by atoms with Crippen molar-refractivity contribution in [1.29, 1.82) is 0 Å². The normalized spacial score (nSPS) is 20.4. The van der Waals surface area contributed by atoms with E-state index < -0.39 is 18.3 Å². The maximum atomic E-state index is 9.75. The minimum absolute atomic E-state index is 0.186. The third-order valence-corrected chi connectivity index (χ3v) is 4.65. The fourth-order valence-electron chi connectivity index (χ4n) is 2.35. The van der Waals surface area contributed by atoms with E-state index in [0.717, 1.165) is 5.56 Å². The lowest BCUT2D eigenvalue weighted by atomic mass is 9.77. The minimum atomic E-state index is -0.612. The zero-order valence-corrected chi connectivity index (χ0v) is 14.3. The summed E-state index contributed by atoms with van der Waals surface area (Å²) in [5.41, 5.74) is 1.04. The van der Waals surface area contributed by atoms with E-state index in [-0.39, 0.29) is 6.61 Å². The predicted molar refractivity (Wildman–Crippen MR) is 89.1 cm³/mol. The van der Waals surface area contributed by atoms with Gasteiger partial charge in [0.05, 0.1) is 24.0 Å². The van der Waals surface area contributed by atoms with Gasteiger partial charge >= 0.3 is 7.12 Å². The number of aliphatic hydroxyl groups excluding tert-OH is 1. The maximum absolute atomic E-state index is 9.75. The lowest BCUT2D eigenvalue weighted by Gasteiger charge is -2.32. The average Bonchev–Trinajstić information content (AvgIpc) is 2.94. The Morgan fingerprint density at radius 2 is 2.00 bits per heavy atom. The van der Waals surface area contributed by atoms with Crippen LogP contribution in [0.15, 0.2) is 23.9 Å². The highest BCUT2D eigenvalue weighted by Gasteiger charge is 2.52. The number of aliphatic hydroxyl groups is 1. The Labute approximate surface area is 140 Å². The predicted octanol–water partition coefficient (Wildman–Crippen LogP) is 2.39. The number of aromatic nitrogens is 3. The molecular weight excluding hydrogens is 316 g/mol. The molecule has 0 amide bonds. The second kappa shape index (κ2) is 5.59. The molecule has 8 heteroatoms. The van der Waals surface area contributed by atoms with E-state index >= 15 is 0 Å². The Kier molecular flexibility index (Phi) is 4.00. The molecule has 122 valence electrons. The van der Waals surface area contributed by atoms with E-state index in [0.29, 0.717) is 16.3 Å². The highest BCUT2D eigenvalue weighted by Crippen LogP contribution is 2.38. The zero-order chi connectivity index (χ0) is 16.8. The van der Waals surface area contributed by atoms with Gasteiger partial charge in [0.2, 0.25) is 0 Å². The second-order valence-electron chi connectivity index (χ2n) is 6.58. The van der Waals surface area contributed by atoms with Crippen molar-refractivity contribution in [3.63, 3.8) is 0 Å². The molecule has 0 aliphatic carbocycles. The van der Waals surface area contributed by atoms with Crippen molar-refractivity contribution in [3.05, 3.63) is 34.6 Å². The van der Waals surface area contributed by atoms with Gasteiger partial charge in [-0.05, 0) is 39.2 Å². The van der Waals surface area contributed by atoms with Gasteiger partial charge in [-0.1, -0.05) is 17.7 Å². The van der Waals surface area contributed by atoms with Gasteiger partial charge in [-0.15, -0.1) is 0 Å². The Morgan fingerprint density at radius 3 is 2.61 bits per heavy atom. The van der Waals surface area contributed by atoms with E-state index in [1.807, 2.05) is 27.7 Å².